The SMILES string of the molecule is CCOC(CC)(CC)C(NN)c1ncccc1OC. The largest absolute Gasteiger partial charge is 0.495 e. The molecule has 0 amide bonds. The Hall–Kier alpha value is -1.17. The summed E-state index contributed by atoms with van der Waals surface area (Å²) in [6.07, 6.45) is 3.42. The average Bonchev–Trinajstić information content (AvgIpc) is 2.47. The Morgan fingerprint density at radius 1 is 1.37 bits per heavy atom. The molecule has 1 aromatic heterocycles. The molecule has 1 unspecified atom stereocenters. The van der Waals surface area contributed by atoms with Gasteiger partial charge in [0.1, 0.15) is 11.4 Å². The Kier molecular flexibility index (Phi) is 6.21. The number of methoxy groups -OCH3 is 1. The highest BCUT2D eigenvalue weighted by molar-refractivity contribution is 5.31. The van der Waals surface area contributed by atoms with Crippen LogP contribution in [-0.2, 0) is 4.74 Å². The maximum atomic E-state index is 6.00. The number of nitrogens with two attached hydrogens (primary N) is 1. The fourth-order valence-electron chi connectivity index (χ4n) is 2.51. The van der Waals surface area contributed by atoms with Gasteiger partial charge in [-0.15, -0.1) is 0 Å². The van der Waals surface area contributed by atoms with Gasteiger partial charge >= 0.3 is 0 Å². The van der Waals surface area contributed by atoms with Crippen LogP contribution in [0.3, 0.4) is 0 Å². The molecule has 0 bridgehead atoms. The third-order valence-electron chi connectivity index (χ3n) is 3.61. The van der Waals surface area contributed by atoms with E-state index in [0.717, 1.165) is 24.3 Å². The highest BCUT2D eigenvalue weighted by atomic mass is 16.5. The lowest BCUT2D eigenvalue weighted by Gasteiger charge is -2.39. The van der Waals surface area contributed by atoms with E-state index in [1.54, 1.807) is 13.3 Å². The Labute approximate surface area is 115 Å². The second-order valence-electron chi connectivity index (χ2n) is 4.40. The van der Waals surface area contributed by atoms with E-state index in [-0.39, 0.29) is 11.6 Å². The van der Waals surface area contributed by atoms with Crippen LogP contribution in [0.25, 0.3) is 0 Å². The molecule has 1 heterocycles. The maximum absolute atomic E-state index is 6.00. The van der Waals surface area contributed by atoms with Crippen molar-refractivity contribution in [2.45, 2.75) is 45.3 Å². The lowest BCUT2D eigenvalue weighted by atomic mass is 9.86. The van der Waals surface area contributed by atoms with E-state index in [9.17, 15) is 0 Å². The molecule has 1 atom stereocenters. The number of hydrazine groups is 1. The molecule has 0 fully saturated rings. The fraction of sp³-hybridized carbons (Fsp3) is 0.643. The van der Waals surface area contributed by atoms with Gasteiger partial charge in [0, 0.05) is 12.8 Å². The summed E-state index contributed by atoms with van der Waals surface area (Å²) in [5, 5.41) is 0. The van der Waals surface area contributed by atoms with E-state index < -0.39 is 0 Å². The van der Waals surface area contributed by atoms with Gasteiger partial charge in [-0.1, -0.05) is 13.8 Å². The smallest absolute Gasteiger partial charge is 0.142 e. The number of nitrogens with one attached hydrogen (secondary N) is 1. The first kappa shape index (κ1) is 15.9. The van der Waals surface area contributed by atoms with Crippen molar-refractivity contribution in [3.05, 3.63) is 24.0 Å². The summed E-state index contributed by atoms with van der Waals surface area (Å²) in [4.78, 5) is 4.42. The molecule has 5 heteroatoms. The molecule has 0 saturated heterocycles. The van der Waals surface area contributed by atoms with Crippen molar-refractivity contribution in [3.63, 3.8) is 0 Å². The van der Waals surface area contributed by atoms with Crippen LogP contribution in [0.4, 0.5) is 0 Å². The van der Waals surface area contributed by atoms with E-state index in [1.165, 1.54) is 0 Å². The summed E-state index contributed by atoms with van der Waals surface area (Å²) in [6, 6.07) is 3.52. The van der Waals surface area contributed by atoms with Gasteiger partial charge in [-0.25, -0.2) is 5.43 Å². The minimum atomic E-state index is -0.384. The molecule has 0 radical (unpaired) electrons. The minimum Gasteiger partial charge on any atom is -0.495 e. The fourth-order valence-corrected chi connectivity index (χ4v) is 2.51. The van der Waals surface area contributed by atoms with Crippen LogP contribution in [0.15, 0.2) is 18.3 Å². The number of hydrogen-bond donors (Lipinski definition) is 2. The normalized spacial score (nSPS) is 13.3. The van der Waals surface area contributed by atoms with Crippen molar-refractivity contribution < 1.29 is 9.47 Å². The van der Waals surface area contributed by atoms with Gasteiger partial charge in [0.15, 0.2) is 0 Å². The Balaban J connectivity index is 3.23. The molecule has 0 aliphatic heterocycles. The van der Waals surface area contributed by atoms with E-state index in [0.29, 0.717) is 6.61 Å². The lowest BCUT2D eigenvalue weighted by molar-refractivity contribution is -0.0747. The summed E-state index contributed by atoms with van der Waals surface area (Å²) in [5.41, 5.74) is 3.25. The standard InChI is InChI=1S/C14H25N3O2/c1-5-14(6-2,19-7-3)13(17-15)12-11(18-4)9-8-10-16-12/h8-10,13,17H,5-7,15H2,1-4H3. The van der Waals surface area contributed by atoms with Gasteiger partial charge in [0.25, 0.3) is 0 Å². The van der Waals surface area contributed by atoms with Gasteiger partial charge in [0.2, 0.25) is 0 Å². The van der Waals surface area contributed by atoms with Crippen LogP contribution < -0.4 is 16.0 Å². The third kappa shape index (κ3) is 3.23. The predicted molar refractivity (Wildman–Crippen MR) is 75.8 cm³/mol. The number of nitrogens with zero attached hydrogens (tertiary/aromatic N) is 1. The Bertz CT molecular complexity index is 381. The molecule has 108 valence electrons. The van der Waals surface area contributed by atoms with Gasteiger partial charge in [0.05, 0.1) is 18.8 Å². The predicted octanol–water partition coefficient (Wildman–Crippen LogP) is 2.19. The molecule has 1 rings (SSSR count). The topological polar surface area (TPSA) is 69.4 Å². The summed E-state index contributed by atoms with van der Waals surface area (Å²) >= 11 is 0. The van der Waals surface area contributed by atoms with Crippen molar-refractivity contribution in [1.82, 2.24) is 10.4 Å². The van der Waals surface area contributed by atoms with Gasteiger partial charge < -0.3 is 9.47 Å². The summed E-state index contributed by atoms with van der Waals surface area (Å²) < 4.78 is 11.4. The van der Waals surface area contributed by atoms with Crippen molar-refractivity contribution in [2.24, 2.45) is 5.84 Å². The molecule has 0 saturated carbocycles. The van der Waals surface area contributed by atoms with Crippen LogP contribution in [0.2, 0.25) is 0 Å². The summed E-state index contributed by atoms with van der Waals surface area (Å²) in [7, 11) is 1.63. The zero-order chi connectivity index (χ0) is 14.3. The number of hydrogen-bond acceptors (Lipinski definition) is 5. The molecule has 0 aliphatic carbocycles. The zero-order valence-electron chi connectivity index (χ0n) is 12.3. The minimum absolute atomic E-state index is 0.210. The van der Waals surface area contributed by atoms with Gasteiger partial charge in [-0.2, -0.15) is 0 Å². The first-order valence-electron chi connectivity index (χ1n) is 6.78. The highest BCUT2D eigenvalue weighted by Gasteiger charge is 2.39. The molecule has 3 N–H and O–H groups in total. The summed E-state index contributed by atoms with van der Waals surface area (Å²) in [6.45, 7) is 6.82. The quantitative estimate of drug-likeness (QED) is 0.558. The van der Waals surface area contributed by atoms with Crippen molar-refractivity contribution in [3.8, 4) is 5.75 Å². The number of pyridine rings is 1. The highest BCUT2D eigenvalue weighted by Crippen LogP contribution is 2.37. The molecular formula is C14H25N3O2. The number of aromatic nitrogens is 1. The zero-order valence-corrected chi connectivity index (χ0v) is 12.3. The van der Waals surface area contributed by atoms with Gasteiger partial charge in [-0.05, 0) is 31.9 Å². The van der Waals surface area contributed by atoms with E-state index in [4.69, 9.17) is 15.3 Å². The van der Waals surface area contributed by atoms with Crippen LogP contribution >= 0.6 is 0 Å². The van der Waals surface area contributed by atoms with E-state index in [2.05, 4.69) is 24.3 Å². The van der Waals surface area contributed by atoms with Crippen LogP contribution in [0, 0.1) is 0 Å². The average molecular weight is 267 g/mol. The maximum Gasteiger partial charge on any atom is 0.142 e. The molecule has 0 spiro atoms. The molecule has 0 aliphatic rings. The monoisotopic (exact) mass is 267 g/mol. The van der Waals surface area contributed by atoms with Crippen molar-refractivity contribution in [2.75, 3.05) is 13.7 Å². The molecule has 0 aromatic carbocycles. The number of ether oxygens (including phenoxy) is 2. The molecule has 5 nitrogen and oxygen atoms in total. The Morgan fingerprint density at radius 3 is 2.53 bits per heavy atom. The Morgan fingerprint density at radius 2 is 2.05 bits per heavy atom. The van der Waals surface area contributed by atoms with E-state index >= 15 is 0 Å². The molecular weight excluding hydrogens is 242 g/mol. The lowest BCUT2D eigenvalue weighted by Crippen LogP contribution is -2.48. The van der Waals surface area contributed by atoms with E-state index in [1.807, 2.05) is 19.1 Å². The second-order valence-corrected chi connectivity index (χ2v) is 4.40. The third-order valence-corrected chi connectivity index (χ3v) is 3.61. The van der Waals surface area contributed by atoms with Crippen LogP contribution in [0.5, 0.6) is 5.75 Å². The van der Waals surface area contributed by atoms with Gasteiger partial charge in [-0.3, -0.25) is 10.8 Å². The van der Waals surface area contributed by atoms with Crippen LogP contribution in [-0.4, -0.2) is 24.3 Å². The first-order chi connectivity index (χ1) is 9.18. The second kappa shape index (κ2) is 7.43. The summed E-state index contributed by atoms with van der Waals surface area (Å²) in [5.74, 6) is 6.49. The molecule has 1 aromatic rings. The first-order valence-corrected chi connectivity index (χ1v) is 6.78. The van der Waals surface area contributed by atoms with Crippen molar-refractivity contribution in [1.29, 1.82) is 0 Å². The van der Waals surface area contributed by atoms with Crippen LogP contribution in [0.1, 0.15) is 45.3 Å². The number of rotatable bonds is 8. The van der Waals surface area contributed by atoms with Crippen molar-refractivity contribution >= 4 is 0 Å². The molecule has 19 heavy (non-hydrogen) atoms.